The van der Waals surface area contributed by atoms with Crippen LogP contribution in [0.25, 0.3) is 5.65 Å². The lowest BCUT2D eigenvalue weighted by molar-refractivity contribution is -0.383. The Morgan fingerprint density at radius 3 is 3.17 bits per heavy atom. The van der Waals surface area contributed by atoms with Gasteiger partial charge >= 0.3 is 5.69 Å². The molecule has 0 N–H and O–H groups in total. The highest BCUT2D eigenvalue weighted by atomic mass is 16.6. The van der Waals surface area contributed by atoms with Crippen LogP contribution in [-0.4, -0.2) is 19.5 Å². The maximum absolute atomic E-state index is 10.4. The third-order valence-electron chi connectivity index (χ3n) is 1.46. The molecule has 0 saturated carbocycles. The minimum atomic E-state index is -0.505. The van der Waals surface area contributed by atoms with Crippen molar-refractivity contribution in [2.24, 2.45) is 0 Å². The molecule has 2 rings (SSSR count). The summed E-state index contributed by atoms with van der Waals surface area (Å²) >= 11 is 0. The summed E-state index contributed by atoms with van der Waals surface area (Å²) < 4.78 is 1.36. The predicted octanol–water partition coefficient (Wildman–Crippen LogP) is 0.637. The van der Waals surface area contributed by atoms with Crippen molar-refractivity contribution in [2.45, 2.75) is 0 Å². The zero-order valence-corrected chi connectivity index (χ0v) is 5.91. The van der Waals surface area contributed by atoms with Gasteiger partial charge in [-0.2, -0.15) is 5.10 Å². The monoisotopic (exact) mass is 164 g/mol. The number of fused-ring (bicyclic) bond motifs is 1. The number of hydrogen-bond donors (Lipinski definition) is 0. The molecule has 2 heterocycles. The molecule has 0 aromatic carbocycles. The maximum Gasteiger partial charge on any atom is 0.333 e. The van der Waals surface area contributed by atoms with Crippen LogP contribution in [0, 0.1) is 10.1 Å². The Labute approximate surface area is 66.6 Å². The van der Waals surface area contributed by atoms with Crippen LogP contribution in [0.2, 0.25) is 0 Å². The van der Waals surface area contributed by atoms with Crippen LogP contribution in [0.1, 0.15) is 0 Å². The molecular formula is C6H4N4O2. The molecule has 0 aliphatic rings. The van der Waals surface area contributed by atoms with Crippen LogP contribution in [0.4, 0.5) is 5.69 Å². The molecule has 0 radical (unpaired) electrons. The van der Waals surface area contributed by atoms with Gasteiger partial charge in [0.05, 0.1) is 4.92 Å². The highest BCUT2D eigenvalue weighted by Gasteiger charge is 2.14. The molecule has 0 fully saturated rings. The van der Waals surface area contributed by atoms with E-state index in [-0.39, 0.29) is 11.3 Å². The number of aromatic nitrogens is 3. The summed E-state index contributed by atoms with van der Waals surface area (Å²) in [4.78, 5) is 13.7. The molecular weight excluding hydrogens is 160 g/mol. The van der Waals surface area contributed by atoms with Gasteiger partial charge in [-0.3, -0.25) is 10.1 Å². The van der Waals surface area contributed by atoms with Crippen LogP contribution in [-0.2, 0) is 0 Å². The van der Waals surface area contributed by atoms with Crippen LogP contribution in [0.5, 0.6) is 0 Å². The maximum atomic E-state index is 10.4. The average molecular weight is 164 g/mol. The summed E-state index contributed by atoms with van der Waals surface area (Å²) in [6, 6.07) is 1.66. The van der Waals surface area contributed by atoms with Gasteiger partial charge in [0, 0.05) is 12.4 Å². The number of rotatable bonds is 1. The smallest absolute Gasteiger partial charge is 0.258 e. The van der Waals surface area contributed by atoms with Crippen LogP contribution < -0.4 is 0 Å². The standard InChI is InChI=1S/C6H4N4O2/c11-10(12)5-4-8-9-3-1-2-7-6(5)9/h1-4H. The summed E-state index contributed by atoms with van der Waals surface area (Å²) in [6.07, 6.45) is 4.28. The summed E-state index contributed by atoms with van der Waals surface area (Å²) in [5, 5.41) is 14.1. The predicted molar refractivity (Wildman–Crippen MR) is 39.6 cm³/mol. The van der Waals surface area contributed by atoms with E-state index in [9.17, 15) is 10.1 Å². The first-order valence-corrected chi connectivity index (χ1v) is 3.22. The normalized spacial score (nSPS) is 10.3. The van der Waals surface area contributed by atoms with Gasteiger partial charge in [0.1, 0.15) is 6.20 Å². The van der Waals surface area contributed by atoms with Crippen LogP contribution in [0.15, 0.2) is 24.7 Å². The van der Waals surface area contributed by atoms with Gasteiger partial charge in [-0.1, -0.05) is 0 Å². The minimum absolute atomic E-state index is 0.0735. The molecule has 0 bridgehead atoms. The Bertz CT molecular complexity index is 436. The second-order valence-corrected chi connectivity index (χ2v) is 2.17. The molecule has 2 aromatic rings. The van der Waals surface area contributed by atoms with Crippen molar-refractivity contribution in [1.82, 2.24) is 14.6 Å². The number of nitro groups is 1. The molecule has 0 spiro atoms. The lowest BCUT2D eigenvalue weighted by atomic mass is 10.5. The van der Waals surface area contributed by atoms with Gasteiger partial charge in [-0.15, -0.1) is 0 Å². The van der Waals surface area contributed by atoms with Crippen molar-refractivity contribution >= 4 is 11.3 Å². The summed E-state index contributed by atoms with van der Waals surface area (Å²) in [6.45, 7) is 0. The van der Waals surface area contributed by atoms with Gasteiger partial charge < -0.3 is 0 Å². The van der Waals surface area contributed by atoms with Crippen molar-refractivity contribution in [3.05, 3.63) is 34.8 Å². The van der Waals surface area contributed by atoms with E-state index in [1.165, 1.54) is 16.9 Å². The first kappa shape index (κ1) is 6.71. The zero-order chi connectivity index (χ0) is 8.55. The zero-order valence-electron chi connectivity index (χ0n) is 5.91. The van der Waals surface area contributed by atoms with Gasteiger partial charge in [0.15, 0.2) is 0 Å². The highest BCUT2D eigenvalue weighted by molar-refractivity contribution is 5.57. The van der Waals surface area contributed by atoms with E-state index in [2.05, 4.69) is 10.1 Å². The molecule has 0 atom stereocenters. The largest absolute Gasteiger partial charge is 0.333 e. The van der Waals surface area contributed by atoms with Crippen molar-refractivity contribution in [3.63, 3.8) is 0 Å². The molecule has 0 amide bonds. The first-order chi connectivity index (χ1) is 5.79. The van der Waals surface area contributed by atoms with Crippen molar-refractivity contribution < 1.29 is 4.92 Å². The third kappa shape index (κ3) is 0.815. The van der Waals surface area contributed by atoms with Crippen LogP contribution >= 0.6 is 0 Å². The molecule has 6 nitrogen and oxygen atoms in total. The van der Waals surface area contributed by atoms with Gasteiger partial charge in [-0.05, 0) is 6.07 Å². The van der Waals surface area contributed by atoms with E-state index in [4.69, 9.17) is 0 Å². The average Bonchev–Trinajstić information content (AvgIpc) is 2.47. The van der Waals surface area contributed by atoms with E-state index in [1.807, 2.05) is 0 Å². The second-order valence-electron chi connectivity index (χ2n) is 2.17. The molecule has 0 aliphatic heterocycles. The second kappa shape index (κ2) is 2.26. The van der Waals surface area contributed by atoms with Crippen LogP contribution in [0.3, 0.4) is 0 Å². The highest BCUT2D eigenvalue weighted by Crippen LogP contribution is 2.14. The Morgan fingerprint density at radius 2 is 2.42 bits per heavy atom. The Kier molecular flexibility index (Phi) is 1.26. The molecule has 60 valence electrons. The third-order valence-corrected chi connectivity index (χ3v) is 1.46. The van der Waals surface area contributed by atoms with E-state index in [0.29, 0.717) is 0 Å². The minimum Gasteiger partial charge on any atom is -0.258 e. The van der Waals surface area contributed by atoms with Gasteiger partial charge in [0.25, 0.3) is 0 Å². The number of hydrogen-bond acceptors (Lipinski definition) is 4. The Hall–Kier alpha value is -1.98. The summed E-state index contributed by atoms with van der Waals surface area (Å²) in [5.41, 5.74) is 0.193. The molecule has 0 aliphatic carbocycles. The molecule has 0 unspecified atom stereocenters. The van der Waals surface area contributed by atoms with E-state index in [0.717, 1.165) is 0 Å². The van der Waals surface area contributed by atoms with Gasteiger partial charge in [-0.25, -0.2) is 9.50 Å². The van der Waals surface area contributed by atoms with Crippen molar-refractivity contribution in [1.29, 1.82) is 0 Å². The Balaban J connectivity index is 2.79. The molecule has 2 aromatic heterocycles. The van der Waals surface area contributed by atoms with Crippen molar-refractivity contribution in [3.8, 4) is 0 Å². The topological polar surface area (TPSA) is 73.3 Å². The fraction of sp³-hybridized carbons (Fsp3) is 0. The van der Waals surface area contributed by atoms with Crippen molar-refractivity contribution in [2.75, 3.05) is 0 Å². The van der Waals surface area contributed by atoms with E-state index < -0.39 is 4.92 Å². The van der Waals surface area contributed by atoms with Gasteiger partial charge in [0.2, 0.25) is 5.65 Å². The lowest BCUT2D eigenvalue weighted by Gasteiger charge is -1.87. The fourth-order valence-electron chi connectivity index (χ4n) is 0.943. The fourth-order valence-corrected chi connectivity index (χ4v) is 0.943. The SMILES string of the molecule is O=[N+]([O-])c1cnn2cccnc12. The van der Waals surface area contributed by atoms with E-state index >= 15 is 0 Å². The summed E-state index contributed by atoms with van der Waals surface area (Å²) in [5.74, 6) is 0. The Morgan fingerprint density at radius 1 is 1.58 bits per heavy atom. The molecule has 0 saturated heterocycles. The summed E-state index contributed by atoms with van der Waals surface area (Å²) in [7, 11) is 0. The first-order valence-electron chi connectivity index (χ1n) is 3.22. The quantitative estimate of drug-likeness (QED) is 0.457. The molecule has 12 heavy (non-hydrogen) atoms. The lowest BCUT2D eigenvalue weighted by Crippen LogP contribution is -1.90. The van der Waals surface area contributed by atoms with E-state index in [1.54, 1.807) is 12.3 Å². The number of nitrogens with zero attached hydrogens (tertiary/aromatic N) is 4. The molecule has 6 heteroatoms.